The lowest BCUT2D eigenvalue weighted by Gasteiger charge is -2.10. The Labute approximate surface area is 166 Å². The number of carbonyl (C=O) groups is 1. The van der Waals surface area contributed by atoms with Gasteiger partial charge in [0.05, 0.1) is 18.1 Å². The fourth-order valence-corrected chi connectivity index (χ4v) is 2.96. The normalized spacial score (nSPS) is 11.1. The van der Waals surface area contributed by atoms with Crippen molar-refractivity contribution in [3.63, 3.8) is 0 Å². The zero-order valence-electron chi connectivity index (χ0n) is 16.0. The summed E-state index contributed by atoms with van der Waals surface area (Å²) in [5.74, 6) is 0.820. The average Bonchev–Trinajstić information content (AvgIpc) is 3.09. The number of pyridine rings is 1. The lowest BCUT2D eigenvalue weighted by molar-refractivity contribution is 0.0950. The van der Waals surface area contributed by atoms with Crippen molar-refractivity contribution in [2.75, 3.05) is 24.7 Å². The van der Waals surface area contributed by atoms with E-state index in [0.29, 0.717) is 29.8 Å². The molecule has 0 fully saturated rings. The van der Waals surface area contributed by atoms with E-state index >= 15 is 0 Å². The van der Waals surface area contributed by atoms with Crippen LogP contribution in [-0.2, 0) is 6.54 Å². The molecule has 1 amide bonds. The van der Waals surface area contributed by atoms with Gasteiger partial charge in [0.15, 0.2) is 10.8 Å². The number of amides is 1. The summed E-state index contributed by atoms with van der Waals surface area (Å²) >= 11 is 1.46. The van der Waals surface area contributed by atoms with Gasteiger partial charge in [-0.1, -0.05) is 25.6 Å². The molecule has 0 atom stereocenters. The first-order chi connectivity index (χ1) is 13.5. The summed E-state index contributed by atoms with van der Waals surface area (Å²) in [5.41, 5.74) is 0.375. The van der Waals surface area contributed by atoms with Gasteiger partial charge < -0.3 is 15.6 Å². The molecular weight excluding hydrogens is 378 g/mol. The van der Waals surface area contributed by atoms with E-state index in [1.54, 1.807) is 16.9 Å². The van der Waals surface area contributed by atoms with Crippen LogP contribution in [0.2, 0.25) is 0 Å². The predicted molar refractivity (Wildman–Crippen MR) is 110 cm³/mol. The Bertz CT molecular complexity index is 1030. The van der Waals surface area contributed by atoms with Crippen molar-refractivity contribution in [1.82, 2.24) is 30.0 Å². The van der Waals surface area contributed by atoms with Crippen molar-refractivity contribution in [3.05, 3.63) is 40.4 Å². The van der Waals surface area contributed by atoms with E-state index in [1.165, 1.54) is 24.0 Å². The molecule has 3 heterocycles. The third-order valence-corrected chi connectivity index (χ3v) is 4.56. The van der Waals surface area contributed by atoms with Crippen LogP contribution in [-0.4, -0.2) is 50.0 Å². The quantitative estimate of drug-likeness (QED) is 0.389. The molecule has 0 aliphatic heterocycles. The van der Waals surface area contributed by atoms with Crippen molar-refractivity contribution < 1.29 is 4.79 Å². The maximum Gasteiger partial charge on any atom is 0.260 e. The Kier molecular flexibility index (Phi) is 6.30. The number of nitrogens with zero attached hydrogens (tertiary/aromatic N) is 4. The van der Waals surface area contributed by atoms with E-state index in [0.717, 1.165) is 17.7 Å². The smallest absolute Gasteiger partial charge is 0.260 e. The Hall–Kier alpha value is -2.88. The van der Waals surface area contributed by atoms with Crippen molar-refractivity contribution >= 4 is 34.5 Å². The molecule has 3 rings (SSSR count). The first kappa shape index (κ1) is 19.9. The maximum atomic E-state index is 12.2. The number of nitrogens with one attached hydrogen (secondary N) is 3. The Morgan fingerprint density at radius 2 is 2.18 bits per heavy atom. The molecule has 148 valence electrons. The van der Waals surface area contributed by atoms with Crippen LogP contribution in [0, 0.1) is 5.92 Å². The van der Waals surface area contributed by atoms with Gasteiger partial charge in [-0.2, -0.15) is 5.10 Å². The highest BCUT2D eigenvalue weighted by molar-refractivity contribution is 7.98. The van der Waals surface area contributed by atoms with Crippen LogP contribution in [0.15, 0.2) is 34.5 Å². The summed E-state index contributed by atoms with van der Waals surface area (Å²) in [6.45, 7) is 5.80. The first-order valence-corrected chi connectivity index (χ1v) is 10.2. The van der Waals surface area contributed by atoms with Crippen molar-refractivity contribution in [3.8, 4) is 0 Å². The van der Waals surface area contributed by atoms with Crippen LogP contribution in [0.4, 0.5) is 5.82 Å². The fourth-order valence-electron chi connectivity index (χ4n) is 2.60. The zero-order chi connectivity index (χ0) is 20.1. The summed E-state index contributed by atoms with van der Waals surface area (Å²) in [4.78, 5) is 35.4. The van der Waals surface area contributed by atoms with Gasteiger partial charge in [-0.15, -0.1) is 0 Å². The minimum atomic E-state index is -0.419. The molecule has 0 aliphatic carbocycles. The summed E-state index contributed by atoms with van der Waals surface area (Å²) in [5, 5.41) is 12.0. The highest BCUT2D eigenvalue weighted by atomic mass is 32.2. The van der Waals surface area contributed by atoms with Crippen LogP contribution in [0.3, 0.4) is 0 Å². The van der Waals surface area contributed by atoms with E-state index < -0.39 is 11.5 Å². The van der Waals surface area contributed by atoms with E-state index in [-0.39, 0.29) is 5.56 Å². The van der Waals surface area contributed by atoms with Gasteiger partial charge in [-0.3, -0.25) is 9.59 Å². The molecule has 0 radical (unpaired) electrons. The molecule has 9 nitrogen and oxygen atoms in total. The average molecular weight is 401 g/mol. The molecule has 0 saturated carbocycles. The van der Waals surface area contributed by atoms with E-state index in [1.807, 2.05) is 6.26 Å². The molecular formula is C18H23N7O2S. The number of fused-ring (bicyclic) bond motifs is 1. The zero-order valence-corrected chi connectivity index (χ0v) is 16.8. The standard InChI is InChI=1S/C18H23N7O2S/c1-11(2)9-21-14-13-10-22-25(15(13)24-18(23-14)28-3)8-7-20-17(27)12-5-4-6-19-16(12)26/h4-6,10-11H,7-9H2,1-3H3,(H,19,26)(H,20,27)(H,21,23,24). The molecule has 28 heavy (non-hydrogen) atoms. The van der Waals surface area contributed by atoms with Crippen LogP contribution >= 0.6 is 11.8 Å². The Balaban J connectivity index is 1.74. The number of aromatic amines is 1. The van der Waals surface area contributed by atoms with Gasteiger partial charge in [0.25, 0.3) is 11.5 Å². The van der Waals surface area contributed by atoms with Crippen LogP contribution in [0.25, 0.3) is 11.0 Å². The topological polar surface area (TPSA) is 118 Å². The highest BCUT2D eigenvalue weighted by Crippen LogP contribution is 2.23. The highest BCUT2D eigenvalue weighted by Gasteiger charge is 2.14. The lowest BCUT2D eigenvalue weighted by atomic mass is 10.2. The molecule has 0 bridgehead atoms. The summed E-state index contributed by atoms with van der Waals surface area (Å²) in [6, 6.07) is 3.10. The van der Waals surface area contributed by atoms with Gasteiger partial charge in [0.2, 0.25) is 0 Å². The first-order valence-electron chi connectivity index (χ1n) is 8.97. The monoisotopic (exact) mass is 401 g/mol. The number of hydrogen-bond donors (Lipinski definition) is 3. The van der Waals surface area contributed by atoms with Crippen molar-refractivity contribution in [2.45, 2.75) is 25.5 Å². The number of carbonyl (C=O) groups excluding carboxylic acids is 1. The van der Waals surface area contributed by atoms with Gasteiger partial charge in [-0.25, -0.2) is 14.6 Å². The predicted octanol–water partition coefficient (Wildman–Crippen LogP) is 1.73. The fraction of sp³-hybridized carbons (Fsp3) is 0.389. The Morgan fingerprint density at radius 1 is 1.36 bits per heavy atom. The molecule has 0 unspecified atom stereocenters. The second kappa shape index (κ2) is 8.87. The molecule has 10 heteroatoms. The SMILES string of the molecule is CSc1nc(NCC(C)C)c2cnn(CCNC(=O)c3ccc[nH]c3=O)c2n1. The second-order valence-electron chi connectivity index (χ2n) is 6.61. The molecule has 3 N–H and O–H groups in total. The van der Waals surface area contributed by atoms with Gasteiger partial charge in [0.1, 0.15) is 11.4 Å². The van der Waals surface area contributed by atoms with E-state index in [9.17, 15) is 9.59 Å². The van der Waals surface area contributed by atoms with Gasteiger partial charge in [0, 0.05) is 19.3 Å². The molecule has 0 aromatic carbocycles. The number of H-pyrrole nitrogens is 1. The van der Waals surface area contributed by atoms with E-state index in [4.69, 9.17) is 0 Å². The largest absolute Gasteiger partial charge is 0.369 e. The summed E-state index contributed by atoms with van der Waals surface area (Å²) in [7, 11) is 0. The van der Waals surface area contributed by atoms with Crippen molar-refractivity contribution in [2.24, 2.45) is 5.92 Å². The van der Waals surface area contributed by atoms with Crippen LogP contribution in [0.1, 0.15) is 24.2 Å². The molecule has 3 aromatic rings. The summed E-state index contributed by atoms with van der Waals surface area (Å²) in [6.07, 6.45) is 5.14. The number of anilines is 1. The van der Waals surface area contributed by atoms with E-state index in [2.05, 4.69) is 44.5 Å². The third kappa shape index (κ3) is 4.50. The molecule has 0 aliphatic rings. The maximum absolute atomic E-state index is 12.2. The van der Waals surface area contributed by atoms with Crippen LogP contribution < -0.4 is 16.2 Å². The van der Waals surface area contributed by atoms with Crippen molar-refractivity contribution in [1.29, 1.82) is 0 Å². The second-order valence-corrected chi connectivity index (χ2v) is 7.38. The minimum absolute atomic E-state index is 0.0833. The molecule has 0 spiro atoms. The summed E-state index contributed by atoms with van der Waals surface area (Å²) < 4.78 is 1.73. The number of thioether (sulfide) groups is 1. The van der Waals surface area contributed by atoms with Gasteiger partial charge >= 0.3 is 0 Å². The minimum Gasteiger partial charge on any atom is -0.369 e. The number of aromatic nitrogens is 5. The molecule has 0 saturated heterocycles. The van der Waals surface area contributed by atoms with Gasteiger partial charge in [-0.05, 0) is 24.3 Å². The van der Waals surface area contributed by atoms with Crippen LogP contribution in [0.5, 0.6) is 0 Å². The lowest BCUT2D eigenvalue weighted by Crippen LogP contribution is -2.31. The Morgan fingerprint density at radius 3 is 2.89 bits per heavy atom. The third-order valence-electron chi connectivity index (χ3n) is 4.01. The number of rotatable bonds is 8. The molecule has 3 aromatic heterocycles. The number of hydrogen-bond acceptors (Lipinski definition) is 7.